The number of hydrogen-bond acceptors (Lipinski definition) is 3. The molecule has 0 radical (unpaired) electrons. The number of amides is 1. The molecule has 1 aliphatic heterocycles. The second-order valence-electron chi connectivity index (χ2n) is 2.99. The molecule has 1 aliphatic rings. The van der Waals surface area contributed by atoms with E-state index in [1.54, 1.807) is 5.01 Å². The van der Waals surface area contributed by atoms with Crippen molar-refractivity contribution in [2.45, 2.75) is 25.8 Å². The van der Waals surface area contributed by atoms with Crippen LogP contribution in [0.5, 0.6) is 0 Å². The van der Waals surface area contributed by atoms with Crippen molar-refractivity contribution in [3.05, 3.63) is 0 Å². The SMILES string of the molecule is CC(N)CN1NCCCC1=O. The van der Waals surface area contributed by atoms with Gasteiger partial charge in [0.1, 0.15) is 0 Å². The second kappa shape index (κ2) is 3.69. The zero-order valence-corrected chi connectivity index (χ0v) is 6.84. The highest BCUT2D eigenvalue weighted by molar-refractivity contribution is 5.76. The zero-order valence-electron chi connectivity index (χ0n) is 6.84. The lowest BCUT2D eigenvalue weighted by molar-refractivity contribution is -0.137. The Bertz CT molecular complexity index is 147. The molecular weight excluding hydrogens is 142 g/mol. The number of rotatable bonds is 2. The molecule has 64 valence electrons. The molecule has 11 heavy (non-hydrogen) atoms. The van der Waals surface area contributed by atoms with Crippen molar-refractivity contribution in [2.75, 3.05) is 13.1 Å². The fourth-order valence-electron chi connectivity index (χ4n) is 1.13. The van der Waals surface area contributed by atoms with Crippen molar-refractivity contribution in [1.29, 1.82) is 0 Å². The monoisotopic (exact) mass is 157 g/mol. The van der Waals surface area contributed by atoms with Crippen LogP contribution in [0.3, 0.4) is 0 Å². The standard InChI is InChI=1S/C7H15N3O/c1-6(8)5-10-7(11)3-2-4-9-10/h6,9H,2-5,8H2,1H3. The van der Waals surface area contributed by atoms with Crippen molar-refractivity contribution in [3.8, 4) is 0 Å². The topological polar surface area (TPSA) is 58.4 Å². The summed E-state index contributed by atoms with van der Waals surface area (Å²) in [7, 11) is 0. The van der Waals surface area contributed by atoms with Gasteiger partial charge in [-0.3, -0.25) is 9.80 Å². The minimum absolute atomic E-state index is 0.0459. The summed E-state index contributed by atoms with van der Waals surface area (Å²) in [6.45, 7) is 3.39. The minimum atomic E-state index is 0.0459. The highest BCUT2D eigenvalue weighted by Gasteiger charge is 2.17. The van der Waals surface area contributed by atoms with E-state index in [4.69, 9.17) is 5.73 Å². The van der Waals surface area contributed by atoms with Crippen LogP contribution in [0.2, 0.25) is 0 Å². The smallest absolute Gasteiger partial charge is 0.236 e. The van der Waals surface area contributed by atoms with Crippen LogP contribution < -0.4 is 11.2 Å². The van der Waals surface area contributed by atoms with Gasteiger partial charge in [0.05, 0.1) is 6.54 Å². The van der Waals surface area contributed by atoms with Crippen molar-refractivity contribution in [3.63, 3.8) is 0 Å². The van der Waals surface area contributed by atoms with Crippen LogP contribution in [0.25, 0.3) is 0 Å². The molecule has 0 aromatic rings. The van der Waals surface area contributed by atoms with Gasteiger partial charge in [0.25, 0.3) is 0 Å². The van der Waals surface area contributed by atoms with Gasteiger partial charge < -0.3 is 5.73 Å². The lowest BCUT2D eigenvalue weighted by atomic mass is 10.2. The second-order valence-corrected chi connectivity index (χ2v) is 2.99. The predicted octanol–water partition coefficient (Wildman–Crippen LogP) is -0.539. The van der Waals surface area contributed by atoms with Crippen LogP contribution in [0, 0.1) is 0 Å². The Labute approximate surface area is 66.7 Å². The van der Waals surface area contributed by atoms with Gasteiger partial charge in [-0.25, -0.2) is 5.43 Å². The molecule has 0 aromatic heterocycles. The van der Waals surface area contributed by atoms with E-state index in [2.05, 4.69) is 5.43 Å². The predicted molar refractivity (Wildman–Crippen MR) is 42.6 cm³/mol. The summed E-state index contributed by atoms with van der Waals surface area (Å²) in [6, 6.07) is 0.0459. The maximum atomic E-state index is 11.1. The molecule has 1 unspecified atom stereocenters. The van der Waals surface area contributed by atoms with Gasteiger partial charge in [-0.2, -0.15) is 0 Å². The molecule has 4 nitrogen and oxygen atoms in total. The Kier molecular flexibility index (Phi) is 2.84. The molecule has 0 saturated carbocycles. The lowest BCUT2D eigenvalue weighted by Gasteiger charge is -2.28. The van der Waals surface area contributed by atoms with Gasteiger partial charge in [0.2, 0.25) is 5.91 Å². The van der Waals surface area contributed by atoms with Crippen molar-refractivity contribution < 1.29 is 4.79 Å². The van der Waals surface area contributed by atoms with E-state index < -0.39 is 0 Å². The van der Waals surface area contributed by atoms with E-state index in [-0.39, 0.29) is 11.9 Å². The quantitative estimate of drug-likeness (QED) is 0.566. The van der Waals surface area contributed by atoms with Gasteiger partial charge in [0, 0.05) is 19.0 Å². The number of hydrogen-bond donors (Lipinski definition) is 2. The third-order valence-corrected chi connectivity index (χ3v) is 1.64. The van der Waals surface area contributed by atoms with Crippen molar-refractivity contribution >= 4 is 5.91 Å². The maximum Gasteiger partial charge on any atom is 0.236 e. The van der Waals surface area contributed by atoms with Crippen LogP contribution in [-0.2, 0) is 4.79 Å². The van der Waals surface area contributed by atoms with Gasteiger partial charge >= 0.3 is 0 Å². The molecule has 1 amide bonds. The summed E-state index contributed by atoms with van der Waals surface area (Å²) in [5.74, 6) is 0.161. The van der Waals surface area contributed by atoms with Crippen molar-refractivity contribution in [2.24, 2.45) is 5.73 Å². The highest BCUT2D eigenvalue weighted by Crippen LogP contribution is 2.01. The van der Waals surface area contributed by atoms with E-state index >= 15 is 0 Å². The summed E-state index contributed by atoms with van der Waals surface area (Å²) in [5.41, 5.74) is 8.56. The Morgan fingerprint density at radius 2 is 2.55 bits per heavy atom. The third kappa shape index (κ3) is 2.48. The zero-order chi connectivity index (χ0) is 8.27. The maximum absolute atomic E-state index is 11.1. The Morgan fingerprint density at radius 1 is 1.82 bits per heavy atom. The summed E-state index contributed by atoms with van der Waals surface area (Å²) in [5, 5.41) is 1.62. The molecule has 0 spiro atoms. The number of nitrogens with one attached hydrogen (secondary N) is 1. The average Bonchev–Trinajstić information content (AvgIpc) is 1.93. The molecule has 1 atom stereocenters. The van der Waals surface area contributed by atoms with Gasteiger partial charge in [0.15, 0.2) is 0 Å². The fourth-order valence-corrected chi connectivity index (χ4v) is 1.13. The van der Waals surface area contributed by atoms with Crippen LogP contribution in [0.4, 0.5) is 0 Å². The first-order valence-corrected chi connectivity index (χ1v) is 3.99. The summed E-state index contributed by atoms with van der Waals surface area (Å²) in [4.78, 5) is 11.1. The largest absolute Gasteiger partial charge is 0.326 e. The fraction of sp³-hybridized carbons (Fsp3) is 0.857. The van der Waals surface area contributed by atoms with Gasteiger partial charge in [-0.05, 0) is 13.3 Å². The summed E-state index contributed by atoms with van der Waals surface area (Å²) in [6.07, 6.45) is 1.59. The molecule has 4 heteroatoms. The summed E-state index contributed by atoms with van der Waals surface area (Å²) >= 11 is 0. The number of hydrazine groups is 1. The van der Waals surface area contributed by atoms with Crippen LogP contribution in [-0.4, -0.2) is 30.0 Å². The van der Waals surface area contributed by atoms with E-state index in [1.807, 2.05) is 6.92 Å². The van der Waals surface area contributed by atoms with E-state index in [9.17, 15) is 4.79 Å². The third-order valence-electron chi connectivity index (χ3n) is 1.64. The molecular formula is C7H15N3O. The number of nitrogens with zero attached hydrogens (tertiary/aromatic N) is 1. The van der Waals surface area contributed by atoms with Crippen LogP contribution in [0.15, 0.2) is 0 Å². The number of carbonyl (C=O) groups excluding carboxylic acids is 1. The molecule has 0 aliphatic carbocycles. The Hall–Kier alpha value is -0.610. The molecule has 1 fully saturated rings. The van der Waals surface area contributed by atoms with Gasteiger partial charge in [-0.1, -0.05) is 0 Å². The van der Waals surface area contributed by atoms with E-state index in [0.29, 0.717) is 13.0 Å². The van der Waals surface area contributed by atoms with Gasteiger partial charge in [-0.15, -0.1) is 0 Å². The first kappa shape index (κ1) is 8.49. The molecule has 0 aromatic carbocycles. The first-order valence-electron chi connectivity index (χ1n) is 3.99. The van der Waals surface area contributed by atoms with E-state index in [0.717, 1.165) is 13.0 Å². The highest BCUT2D eigenvalue weighted by atomic mass is 16.2. The molecule has 1 heterocycles. The number of nitrogens with two attached hydrogens (primary N) is 1. The number of carbonyl (C=O) groups is 1. The Morgan fingerprint density at radius 3 is 3.09 bits per heavy atom. The molecule has 0 bridgehead atoms. The van der Waals surface area contributed by atoms with Crippen LogP contribution >= 0.6 is 0 Å². The first-order chi connectivity index (χ1) is 5.20. The Balaban J connectivity index is 2.36. The molecule has 1 saturated heterocycles. The lowest BCUT2D eigenvalue weighted by Crippen LogP contribution is -2.51. The average molecular weight is 157 g/mol. The van der Waals surface area contributed by atoms with E-state index in [1.165, 1.54) is 0 Å². The van der Waals surface area contributed by atoms with Crippen LogP contribution in [0.1, 0.15) is 19.8 Å². The minimum Gasteiger partial charge on any atom is -0.326 e. The molecule has 3 N–H and O–H groups in total. The summed E-state index contributed by atoms with van der Waals surface area (Å²) < 4.78 is 0. The van der Waals surface area contributed by atoms with Crippen molar-refractivity contribution in [1.82, 2.24) is 10.4 Å². The molecule has 1 rings (SSSR count). The normalized spacial score (nSPS) is 22.0.